The molecule has 3 rings (SSSR count). The summed E-state index contributed by atoms with van der Waals surface area (Å²) < 4.78 is 10.8. The Balaban J connectivity index is 1.54. The first-order chi connectivity index (χ1) is 12.2. The van der Waals surface area contributed by atoms with Crippen LogP contribution in [0, 0.1) is 0 Å². The molecular formula is C18H23N3O3S. The van der Waals surface area contributed by atoms with Gasteiger partial charge >= 0.3 is 0 Å². The van der Waals surface area contributed by atoms with Crippen molar-refractivity contribution in [1.82, 2.24) is 15.1 Å². The summed E-state index contributed by atoms with van der Waals surface area (Å²) >= 11 is 1.29. The molecule has 0 atom stereocenters. The lowest BCUT2D eigenvalue weighted by Gasteiger charge is -2.31. The molecule has 1 aliphatic carbocycles. The zero-order valence-corrected chi connectivity index (χ0v) is 15.4. The third-order valence-corrected chi connectivity index (χ3v) is 5.38. The van der Waals surface area contributed by atoms with E-state index in [1.807, 2.05) is 36.2 Å². The van der Waals surface area contributed by atoms with Crippen molar-refractivity contribution in [1.29, 1.82) is 0 Å². The summed E-state index contributed by atoms with van der Waals surface area (Å²) in [4.78, 5) is 14.2. The van der Waals surface area contributed by atoms with Crippen molar-refractivity contribution in [2.24, 2.45) is 0 Å². The molecule has 1 aromatic heterocycles. The van der Waals surface area contributed by atoms with Crippen molar-refractivity contribution in [2.75, 3.05) is 19.9 Å². The van der Waals surface area contributed by atoms with Gasteiger partial charge in [-0.25, -0.2) is 0 Å². The fourth-order valence-corrected chi connectivity index (χ4v) is 3.70. The molecule has 0 N–H and O–H groups in total. The van der Waals surface area contributed by atoms with Crippen LogP contribution in [0.2, 0.25) is 0 Å². The van der Waals surface area contributed by atoms with Crippen molar-refractivity contribution in [3.05, 3.63) is 24.3 Å². The second-order valence-electron chi connectivity index (χ2n) is 6.19. The first kappa shape index (κ1) is 17.8. The Hall–Kier alpha value is -2.02. The molecule has 1 amide bonds. The number of benzene rings is 1. The van der Waals surface area contributed by atoms with E-state index in [0.717, 1.165) is 24.2 Å². The zero-order valence-electron chi connectivity index (χ0n) is 14.6. The molecule has 1 saturated carbocycles. The fourth-order valence-electron chi connectivity index (χ4n) is 3.02. The number of nitrogens with zero attached hydrogens (tertiary/aromatic N) is 3. The number of aromatic nitrogens is 2. The van der Waals surface area contributed by atoms with Crippen LogP contribution in [0.4, 0.5) is 0 Å². The molecule has 1 heterocycles. The van der Waals surface area contributed by atoms with Gasteiger partial charge in [0, 0.05) is 18.7 Å². The van der Waals surface area contributed by atoms with E-state index in [1.54, 1.807) is 7.11 Å². The first-order valence-electron chi connectivity index (χ1n) is 8.54. The van der Waals surface area contributed by atoms with Crippen molar-refractivity contribution in [3.8, 4) is 17.2 Å². The first-order valence-corrected chi connectivity index (χ1v) is 9.52. The molecule has 0 saturated heterocycles. The number of carbonyl (C=O) groups excluding carboxylic acids is 1. The van der Waals surface area contributed by atoms with Gasteiger partial charge in [-0.2, -0.15) is 0 Å². The summed E-state index contributed by atoms with van der Waals surface area (Å²) in [6.45, 7) is 0. The largest absolute Gasteiger partial charge is 0.497 e. The quantitative estimate of drug-likeness (QED) is 0.732. The highest BCUT2D eigenvalue weighted by atomic mass is 32.2. The van der Waals surface area contributed by atoms with E-state index < -0.39 is 0 Å². The maximum absolute atomic E-state index is 12.4. The molecule has 134 valence electrons. The lowest BCUT2D eigenvalue weighted by Crippen LogP contribution is -2.39. The van der Waals surface area contributed by atoms with Gasteiger partial charge in [-0.05, 0) is 37.1 Å². The third-order valence-electron chi connectivity index (χ3n) is 4.58. The van der Waals surface area contributed by atoms with Crippen molar-refractivity contribution in [3.63, 3.8) is 0 Å². The number of hydrogen-bond acceptors (Lipinski definition) is 6. The molecule has 0 unspecified atom stereocenters. The van der Waals surface area contributed by atoms with Gasteiger partial charge in [-0.15, -0.1) is 10.2 Å². The minimum atomic E-state index is 0.112. The van der Waals surface area contributed by atoms with Gasteiger partial charge in [0.1, 0.15) is 5.75 Å². The maximum Gasteiger partial charge on any atom is 0.277 e. The summed E-state index contributed by atoms with van der Waals surface area (Å²) in [5.74, 6) is 1.64. The van der Waals surface area contributed by atoms with Crippen LogP contribution in [-0.2, 0) is 4.79 Å². The molecule has 0 radical (unpaired) electrons. The van der Waals surface area contributed by atoms with E-state index in [1.165, 1.54) is 31.0 Å². The van der Waals surface area contributed by atoms with Crippen LogP contribution in [0.5, 0.6) is 5.75 Å². The van der Waals surface area contributed by atoms with Crippen LogP contribution in [0.3, 0.4) is 0 Å². The second-order valence-corrected chi connectivity index (χ2v) is 7.11. The van der Waals surface area contributed by atoms with Crippen molar-refractivity contribution in [2.45, 2.75) is 43.4 Å². The zero-order chi connectivity index (χ0) is 17.6. The second kappa shape index (κ2) is 8.38. The Morgan fingerprint density at radius 2 is 1.96 bits per heavy atom. The normalized spacial score (nSPS) is 15.1. The summed E-state index contributed by atoms with van der Waals surface area (Å²) in [6.07, 6.45) is 5.92. The molecule has 0 spiro atoms. The number of methoxy groups -OCH3 is 1. The van der Waals surface area contributed by atoms with Crippen LogP contribution < -0.4 is 4.74 Å². The molecule has 7 heteroatoms. The standard InChI is InChI=1S/C18H23N3O3S/c1-21(14-6-4-3-5-7-14)16(22)12-25-18-20-19-17(24-18)13-8-10-15(23-2)11-9-13/h8-11,14H,3-7,12H2,1-2H3. The molecule has 1 fully saturated rings. The van der Waals surface area contributed by atoms with E-state index in [4.69, 9.17) is 9.15 Å². The van der Waals surface area contributed by atoms with Gasteiger partial charge in [-0.3, -0.25) is 4.79 Å². The maximum atomic E-state index is 12.4. The van der Waals surface area contributed by atoms with E-state index in [2.05, 4.69) is 10.2 Å². The Morgan fingerprint density at radius 3 is 2.64 bits per heavy atom. The highest BCUT2D eigenvalue weighted by molar-refractivity contribution is 7.99. The average molecular weight is 361 g/mol. The monoisotopic (exact) mass is 361 g/mol. The highest BCUT2D eigenvalue weighted by Crippen LogP contribution is 2.26. The number of rotatable bonds is 6. The minimum absolute atomic E-state index is 0.112. The predicted octanol–water partition coefficient (Wildman–Crippen LogP) is 3.63. The summed E-state index contributed by atoms with van der Waals surface area (Å²) in [5.41, 5.74) is 0.825. The Kier molecular flexibility index (Phi) is 5.96. The van der Waals surface area contributed by atoms with Crippen molar-refractivity contribution < 1.29 is 13.9 Å². The van der Waals surface area contributed by atoms with Crippen LogP contribution in [-0.4, -0.2) is 47.0 Å². The number of carbonyl (C=O) groups is 1. The lowest BCUT2D eigenvalue weighted by atomic mass is 9.94. The molecule has 25 heavy (non-hydrogen) atoms. The number of ether oxygens (including phenoxy) is 1. The summed E-state index contributed by atoms with van der Waals surface area (Å²) in [5, 5.41) is 8.49. The van der Waals surface area contributed by atoms with E-state index in [-0.39, 0.29) is 5.91 Å². The van der Waals surface area contributed by atoms with Gasteiger partial charge in [0.25, 0.3) is 5.22 Å². The fraction of sp³-hybridized carbons (Fsp3) is 0.500. The van der Waals surface area contributed by atoms with Gasteiger partial charge in [0.05, 0.1) is 12.9 Å². The summed E-state index contributed by atoms with van der Waals surface area (Å²) in [7, 11) is 3.52. The predicted molar refractivity (Wildman–Crippen MR) is 96.7 cm³/mol. The van der Waals surface area contributed by atoms with E-state index in [9.17, 15) is 4.79 Å². The topological polar surface area (TPSA) is 68.5 Å². The number of amides is 1. The molecule has 0 aliphatic heterocycles. The van der Waals surface area contributed by atoms with Gasteiger partial charge < -0.3 is 14.1 Å². The van der Waals surface area contributed by atoms with Crippen LogP contribution in [0.15, 0.2) is 33.9 Å². The molecule has 6 nitrogen and oxygen atoms in total. The van der Waals surface area contributed by atoms with E-state index >= 15 is 0 Å². The van der Waals surface area contributed by atoms with Crippen molar-refractivity contribution >= 4 is 17.7 Å². The van der Waals surface area contributed by atoms with Crippen LogP contribution >= 0.6 is 11.8 Å². The van der Waals surface area contributed by atoms with E-state index in [0.29, 0.717) is 22.9 Å². The van der Waals surface area contributed by atoms with Gasteiger partial charge in [0.15, 0.2) is 0 Å². The Morgan fingerprint density at radius 1 is 1.24 bits per heavy atom. The Labute approximate surface area is 151 Å². The average Bonchev–Trinajstić information content (AvgIpc) is 3.15. The SMILES string of the molecule is COc1ccc(-c2nnc(SCC(=O)N(C)C3CCCCC3)o2)cc1. The molecule has 1 aromatic carbocycles. The molecule has 2 aromatic rings. The summed E-state index contributed by atoms with van der Waals surface area (Å²) in [6, 6.07) is 7.79. The molecule has 1 aliphatic rings. The van der Waals surface area contributed by atoms with Gasteiger partial charge in [0.2, 0.25) is 11.8 Å². The van der Waals surface area contributed by atoms with Crippen LogP contribution in [0.1, 0.15) is 32.1 Å². The Bertz CT molecular complexity index is 696. The smallest absolute Gasteiger partial charge is 0.277 e. The number of hydrogen-bond donors (Lipinski definition) is 0. The van der Waals surface area contributed by atoms with Crippen LogP contribution in [0.25, 0.3) is 11.5 Å². The number of thioether (sulfide) groups is 1. The lowest BCUT2D eigenvalue weighted by molar-refractivity contribution is -0.129. The third kappa shape index (κ3) is 4.54. The highest BCUT2D eigenvalue weighted by Gasteiger charge is 2.22. The molecule has 0 bridgehead atoms. The van der Waals surface area contributed by atoms with Gasteiger partial charge in [-0.1, -0.05) is 31.0 Å². The molecular weight excluding hydrogens is 338 g/mol. The minimum Gasteiger partial charge on any atom is -0.497 e.